The predicted octanol–water partition coefficient (Wildman–Crippen LogP) is 2.52. The van der Waals surface area contributed by atoms with Crippen LogP contribution in [0.5, 0.6) is 0 Å². The lowest BCUT2D eigenvalue weighted by molar-refractivity contribution is -0.149. The summed E-state index contributed by atoms with van der Waals surface area (Å²) in [4.78, 5) is 33.6. The summed E-state index contributed by atoms with van der Waals surface area (Å²) < 4.78 is 15.2. The zero-order chi connectivity index (χ0) is 18.8. The van der Waals surface area contributed by atoms with Crippen LogP contribution in [0.3, 0.4) is 0 Å². The fourth-order valence-electron chi connectivity index (χ4n) is 3.39. The summed E-state index contributed by atoms with van der Waals surface area (Å²) in [5, 5.41) is 9.47. The first-order valence-electron chi connectivity index (χ1n) is 8.69. The van der Waals surface area contributed by atoms with Crippen molar-refractivity contribution < 1.29 is 28.6 Å². The minimum absolute atomic E-state index is 0.140. The van der Waals surface area contributed by atoms with Gasteiger partial charge in [0.15, 0.2) is 0 Å². The van der Waals surface area contributed by atoms with Crippen LogP contribution >= 0.6 is 0 Å². The number of methoxy groups -OCH3 is 1. The smallest absolute Gasteiger partial charge is 0.305 e. The van der Waals surface area contributed by atoms with Gasteiger partial charge in [0.1, 0.15) is 12.2 Å². The number of ether oxygens (including phenoxy) is 3. The Morgan fingerprint density at radius 2 is 1.60 bits per heavy atom. The summed E-state index contributed by atoms with van der Waals surface area (Å²) in [6, 6.07) is 2.22. The van der Waals surface area contributed by atoms with Gasteiger partial charge in [-0.2, -0.15) is 5.26 Å². The summed E-state index contributed by atoms with van der Waals surface area (Å²) >= 11 is 0. The first-order valence-corrected chi connectivity index (χ1v) is 8.69. The van der Waals surface area contributed by atoms with E-state index in [1.54, 1.807) is 0 Å². The average Bonchev–Trinajstić information content (AvgIpc) is 2.85. The van der Waals surface area contributed by atoms with Gasteiger partial charge >= 0.3 is 17.9 Å². The van der Waals surface area contributed by atoms with Gasteiger partial charge in [-0.3, -0.25) is 14.4 Å². The molecule has 4 unspecified atom stereocenters. The molecule has 0 spiro atoms. The molecule has 1 rings (SSSR count). The SMILES string of the molecule is COC(=O)CCCCCCC1C(OC(C)=O)CC(OC(C)=O)C1C#N. The highest BCUT2D eigenvalue weighted by atomic mass is 16.6. The third kappa shape index (κ3) is 7.12. The molecule has 0 aromatic heterocycles. The summed E-state index contributed by atoms with van der Waals surface area (Å²) in [5.74, 6) is -1.65. The summed E-state index contributed by atoms with van der Waals surface area (Å²) in [5.41, 5.74) is 0. The van der Waals surface area contributed by atoms with Crippen molar-refractivity contribution in [1.29, 1.82) is 5.26 Å². The third-order valence-electron chi connectivity index (χ3n) is 4.48. The van der Waals surface area contributed by atoms with Crippen LogP contribution in [0.4, 0.5) is 0 Å². The molecular formula is C18H27NO6. The van der Waals surface area contributed by atoms with E-state index in [1.807, 2.05) is 0 Å². The fourth-order valence-corrected chi connectivity index (χ4v) is 3.39. The molecule has 0 aromatic rings. The molecule has 7 nitrogen and oxygen atoms in total. The zero-order valence-corrected chi connectivity index (χ0v) is 15.2. The van der Waals surface area contributed by atoms with Crippen LogP contribution in [0, 0.1) is 23.2 Å². The Kier molecular flexibility index (Phi) is 8.96. The molecule has 7 heteroatoms. The summed E-state index contributed by atoms with van der Waals surface area (Å²) in [7, 11) is 1.37. The Hall–Kier alpha value is -2.10. The number of carbonyl (C=O) groups is 3. The molecule has 0 radical (unpaired) electrons. The van der Waals surface area contributed by atoms with Crippen LogP contribution in [0.15, 0.2) is 0 Å². The van der Waals surface area contributed by atoms with Crippen molar-refractivity contribution in [3.05, 3.63) is 0 Å². The molecule has 140 valence electrons. The topological polar surface area (TPSA) is 103 Å². The highest BCUT2D eigenvalue weighted by molar-refractivity contribution is 5.69. The van der Waals surface area contributed by atoms with Crippen LogP contribution in [-0.2, 0) is 28.6 Å². The molecular weight excluding hydrogens is 326 g/mol. The van der Waals surface area contributed by atoms with E-state index < -0.39 is 30.1 Å². The third-order valence-corrected chi connectivity index (χ3v) is 4.48. The molecule has 25 heavy (non-hydrogen) atoms. The minimum atomic E-state index is -0.531. The highest BCUT2D eigenvalue weighted by Crippen LogP contribution is 2.39. The molecule has 1 fully saturated rings. The maximum absolute atomic E-state index is 11.3. The molecule has 0 aromatic carbocycles. The molecule has 0 N–H and O–H groups in total. The van der Waals surface area contributed by atoms with E-state index in [0.717, 1.165) is 25.7 Å². The van der Waals surface area contributed by atoms with Crippen molar-refractivity contribution >= 4 is 17.9 Å². The van der Waals surface area contributed by atoms with E-state index in [4.69, 9.17) is 9.47 Å². The Bertz CT molecular complexity index is 512. The van der Waals surface area contributed by atoms with Crippen molar-refractivity contribution in [2.75, 3.05) is 7.11 Å². The van der Waals surface area contributed by atoms with E-state index in [9.17, 15) is 19.6 Å². The van der Waals surface area contributed by atoms with Crippen molar-refractivity contribution in [1.82, 2.24) is 0 Å². The maximum atomic E-state index is 11.3. The Labute approximate surface area is 148 Å². The fraction of sp³-hybridized carbons (Fsp3) is 0.778. The van der Waals surface area contributed by atoms with Crippen LogP contribution in [0.2, 0.25) is 0 Å². The first-order chi connectivity index (χ1) is 11.9. The Morgan fingerprint density at radius 1 is 1.00 bits per heavy atom. The molecule has 0 aliphatic heterocycles. The highest BCUT2D eigenvalue weighted by Gasteiger charge is 2.46. The molecule has 0 saturated heterocycles. The minimum Gasteiger partial charge on any atom is -0.469 e. The molecule has 1 aliphatic rings. The maximum Gasteiger partial charge on any atom is 0.305 e. The van der Waals surface area contributed by atoms with Crippen LogP contribution in [0.1, 0.15) is 58.8 Å². The number of carbonyl (C=O) groups excluding carboxylic acids is 3. The second-order valence-electron chi connectivity index (χ2n) is 6.38. The summed E-state index contributed by atoms with van der Waals surface area (Å²) in [6.07, 6.45) is 3.98. The number of esters is 3. The van der Waals surface area contributed by atoms with E-state index in [1.165, 1.54) is 21.0 Å². The van der Waals surface area contributed by atoms with Gasteiger partial charge in [-0.05, 0) is 12.8 Å². The van der Waals surface area contributed by atoms with Gasteiger partial charge in [0.25, 0.3) is 0 Å². The normalized spacial score (nSPS) is 25.0. The Balaban J connectivity index is 2.53. The molecule has 1 saturated carbocycles. The largest absolute Gasteiger partial charge is 0.469 e. The number of hydrogen-bond donors (Lipinski definition) is 0. The van der Waals surface area contributed by atoms with Gasteiger partial charge in [0.05, 0.1) is 19.1 Å². The van der Waals surface area contributed by atoms with Crippen LogP contribution in [-0.4, -0.2) is 37.2 Å². The second-order valence-corrected chi connectivity index (χ2v) is 6.38. The molecule has 0 heterocycles. The monoisotopic (exact) mass is 353 g/mol. The lowest BCUT2D eigenvalue weighted by atomic mass is 9.89. The van der Waals surface area contributed by atoms with E-state index in [2.05, 4.69) is 10.8 Å². The van der Waals surface area contributed by atoms with Crippen LogP contribution in [0.25, 0.3) is 0 Å². The van der Waals surface area contributed by atoms with Gasteiger partial charge in [0.2, 0.25) is 0 Å². The van der Waals surface area contributed by atoms with Crippen molar-refractivity contribution in [2.45, 2.75) is 71.0 Å². The predicted molar refractivity (Wildman–Crippen MR) is 88.0 cm³/mol. The Morgan fingerprint density at radius 3 is 2.16 bits per heavy atom. The average molecular weight is 353 g/mol. The standard InChI is InChI=1S/C18H27NO6/c1-12(20)24-16-10-17(25-13(2)21)15(11-19)14(16)8-6-4-5-7-9-18(22)23-3/h14-17H,4-10H2,1-3H3. The van der Waals surface area contributed by atoms with Crippen molar-refractivity contribution in [2.24, 2.45) is 11.8 Å². The molecule has 0 amide bonds. The van der Waals surface area contributed by atoms with Crippen molar-refractivity contribution in [3.63, 3.8) is 0 Å². The molecule has 4 atom stereocenters. The quantitative estimate of drug-likeness (QED) is 0.356. The van der Waals surface area contributed by atoms with Gasteiger partial charge in [-0.15, -0.1) is 0 Å². The van der Waals surface area contributed by atoms with Gasteiger partial charge < -0.3 is 14.2 Å². The van der Waals surface area contributed by atoms with Gasteiger partial charge in [0, 0.05) is 32.6 Å². The first kappa shape index (κ1) is 20.9. The van der Waals surface area contributed by atoms with E-state index >= 15 is 0 Å². The molecule has 1 aliphatic carbocycles. The van der Waals surface area contributed by atoms with Crippen LogP contribution < -0.4 is 0 Å². The zero-order valence-electron chi connectivity index (χ0n) is 15.2. The van der Waals surface area contributed by atoms with Gasteiger partial charge in [-0.25, -0.2) is 0 Å². The lowest BCUT2D eigenvalue weighted by Crippen LogP contribution is -2.25. The number of rotatable bonds is 9. The van der Waals surface area contributed by atoms with E-state index in [-0.39, 0.29) is 11.9 Å². The van der Waals surface area contributed by atoms with E-state index in [0.29, 0.717) is 19.3 Å². The lowest BCUT2D eigenvalue weighted by Gasteiger charge is -2.21. The number of hydrogen-bond acceptors (Lipinski definition) is 7. The second kappa shape index (κ2) is 10.7. The number of unbranched alkanes of at least 4 members (excludes halogenated alkanes) is 3. The number of nitriles is 1. The number of nitrogens with zero attached hydrogens (tertiary/aromatic N) is 1. The van der Waals surface area contributed by atoms with Crippen molar-refractivity contribution in [3.8, 4) is 6.07 Å². The molecule has 0 bridgehead atoms. The summed E-state index contributed by atoms with van der Waals surface area (Å²) in [6.45, 7) is 2.65. The van der Waals surface area contributed by atoms with Gasteiger partial charge in [-0.1, -0.05) is 19.3 Å².